The summed E-state index contributed by atoms with van der Waals surface area (Å²) in [5.74, 6) is 5.43. The largest absolute Gasteiger partial charge is 0.416 e. The van der Waals surface area contributed by atoms with Gasteiger partial charge in [-0.2, -0.15) is 13.2 Å². The van der Waals surface area contributed by atoms with Gasteiger partial charge < -0.3 is 20.9 Å². The van der Waals surface area contributed by atoms with E-state index in [1.807, 2.05) is 23.9 Å². The predicted octanol–water partition coefficient (Wildman–Crippen LogP) is 4.08. The molecule has 1 amide bonds. The number of anilines is 3. The Morgan fingerprint density at radius 2 is 1.84 bits per heavy atom. The fourth-order valence-electron chi connectivity index (χ4n) is 3.53. The highest BCUT2D eigenvalue weighted by Crippen LogP contribution is 2.35. The van der Waals surface area contributed by atoms with Gasteiger partial charge in [0.1, 0.15) is 0 Å². The number of hydrogen-bond acceptors (Lipinski definition) is 7. The van der Waals surface area contributed by atoms with Gasteiger partial charge in [0.05, 0.1) is 28.1 Å². The van der Waals surface area contributed by atoms with Crippen molar-refractivity contribution in [2.75, 3.05) is 50.2 Å². The van der Waals surface area contributed by atoms with E-state index < -0.39 is 17.6 Å². The molecule has 0 saturated heterocycles. The van der Waals surface area contributed by atoms with Crippen LogP contribution >= 0.6 is 12.2 Å². The molecule has 0 bridgehead atoms. The van der Waals surface area contributed by atoms with E-state index in [9.17, 15) is 18.0 Å². The molecule has 0 radical (unpaired) electrons. The normalized spacial score (nSPS) is 13.4. The molecular formula is C26H27F3N6OS. The lowest BCUT2D eigenvalue weighted by atomic mass is 9.97. The Hall–Kier alpha value is -3.75. The van der Waals surface area contributed by atoms with Gasteiger partial charge in [-0.05, 0) is 57.4 Å². The van der Waals surface area contributed by atoms with Crippen LogP contribution in [0, 0.1) is 11.8 Å². The van der Waals surface area contributed by atoms with Crippen molar-refractivity contribution in [1.29, 1.82) is 0 Å². The van der Waals surface area contributed by atoms with Crippen LogP contribution in [0.4, 0.5) is 30.5 Å². The molecule has 1 aliphatic carbocycles. The van der Waals surface area contributed by atoms with Crippen molar-refractivity contribution in [2.45, 2.75) is 19.0 Å². The standard InChI is InChI=1S/C26H27F3N6OS/c1-34(2)11-4-12-35(3)22-10-8-19(26(27,28)29)14-21(22)33-24(36)20-9-7-17(13-23(20)37)5-6-18-15-31-25(30)32-16-18/h7-10,14-16H,4,11-13H2,1-3H3,(H,33,36)(H2,30,31,32). The third-order valence-electron chi connectivity index (χ3n) is 5.47. The lowest BCUT2D eigenvalue weighted by Crippen LogP contribution is -2.26. The average molecular weight is 529 g/mol. The number of alkyl halides is 3. The second-order valence-corrected chi connectivity index (χ2v) is 9.21. The van der Waals surface area contributed by atoms with Crippen LogP contribution in [0.5, 0.6) is 0 Å². The van der Waals surface area contributed by atoms with E-state index in [1.165, 1.54) is 24.5 Å². The molecule has 0 saturated carbocycles. The van der Waals surface area contributed by atoms with Gasteiger partial charge in [0.15, 0.2) is 0 Å². The first-order valence-electron chi connectivity index (χ1n) is 11.4. The highest BCUT2D eigenvalue weighted by Gasteiger charge is 2.32. The number of carbonyl (C=O) groups excluding carboxylic acids is 1. The summed E-state index contributed by atoms with van der Waals surface area (Å²) in [6, 6.07) is 3.33. The van der Waals surface area contributed by atoms with Crippen molar-refractivity contribution < 1.29 is 18.0 Å². The Labute approximate surface area is 219 Å². The molecule has 3 rings (SSSR count). The molecule has 1 aromatic carbocycles. The van der Waals surface area contributed by atoms with Crippen molar-refractivity contribution in [3.05, 3.63) is 65.0 Å². The number of halogens is 3. The highest BCUT2D eigenvalue weighted by molar-refractivity contribution is 7.81. The number of amides is 1. The van der Waals surface area contributed by atoms with Crippen LogP contribution in [-0.2, 0) is 11.0 Å². The SMILES string of the molecule is CN(C)CCCN(C)c1ccc(C(F)(F)F)cc1NC(=O)C1=CC=C(C#Cc2cnc(N)nc2)CC1=S. The monoisotopic (exact) mass is 528 g/mol. The minimum atomic E-state index is -4.55. The number of allylic oxidation sites excluding steroid dienone is 3. The molecule has 0 spiro atoms. The van der Waals surface area contributed by atoms with Crippen LogP contribution in [0.1, 0.15) is 24.0 Å². The highest BCUT2D eigenvalue weighted by atomic mass is 32.1. The van der Waals surface area contributed by atoms with Gasteiger partial charge in [0.2, 0.25) is 5.95 Å². The summed E-state index contributed by atoms with van der Waals surface area (Å²) in [5.41, 5.74) is 6.61. The molecule has 1 heterocycles. The molecule has 1 aliphatic rings. The van der Waals surface area contributed by atoms with Gasteiger partial charge in [-0.3, -0.25) is 4.79 Å². The van der Waals surface area contributed by atoms with Crippen molar-refractivity contribution in [3.8, 4) is 11.8 Å². The maximum Gasteiger partial charge on any atom is 0.416 e. The van der Waals surface area contributed by atoms with E-state index in [2.05, 4.69) is 27.1 Å². The third kappa shape index (κ3) is 7.87. The number of hydrogen-bond donors (Lipinski definition) is 2. The Balaban J connectivity index is 1.82. The molecular weight excluding hydrogens is 501 g/mol. The van der Waals surface area contributed by atoms with E-state index in [0.717, 1.165) is 25.1 Å². The number of nitrogens with two attached hydrogens (primary N) is 1. The Bertz CT molecular complexity index is 1290. The molecule has 0 atom stereocenters. The minimum absolute atomic E-state index is 0.0637. The van der Waals surface area contributed by atoms with E-state index in [-0.39, 0.29) is 23.6 Å². The zero-order valence-corrected chi connectivity index (χ0v) is 21.5. The zero-order valence-electron chi connectivity index (χ0n) is 20.7. The van der Waals surface area contributed by atoms with Crippen molar-refractivity contribution in [1.82, 2.24) is 14.9 Å². The first-order chi connectivity index (χ1) is 17.4. The van der Waals surface area contributed by atoms with E-state index in [4.69, 9.17) is 18.0 Å². The first-order valence-corrected chi connectivity index (χ1v) is 11.8. The zero-order chi connectivity index (χ0) is 27.2. The summed E-state index contributed by atoms with van der Waals surface area (Å²) in [5, 5.41) is 2.64. The molecule has 1 aromatic heterocycles. The number of rotatable bonds is 7. The first kappa shape index (κ1) is 27.8. The quantitative estimate of drug-likeness (QED) is 0.414. The fraction of sp³-hybridized carbons (Fsp3) is 0.308. The van der Waals surface area contributed by atoms with Crippen LogP contribution in [0.3, 0.4) is 0 Å². The van der Waals surface area contributed by atoms with Gasteiger partial charge in [0.25, 0.3) is 5.91 Å². The molecule has 7 nitrogen and oxygen atoms in total. The van der Waals surface area contributed by atoms with Crippen molar-refractivity contribution >= 4 is 40.3 Å². The Morgan fingerprint density at radius 3 is 2.46 bits per heavy atom. The maximum absolute atomic E-state index is 13.4. The number of thiocarbonyl (C=S) groups is 1. The summed E-state index contributed by atoms with van der Waals surface area (Å²) in [4.78, 5) is 25.0. The van der Waals surface area contributed by atoms with Crippen LogP contribution in [0.2, 0.25) is 0 Å². The van der Waals surface area contributed by atoms with Crippen molar-refractivity contribution in [3.63, 3.8) is 0 Å². The molecule has 37 heavy (non-hydrogen) atoms. The number of carbonyl (C=O) groups is 1. The summed E-state index contributed by atoms with van der Waals surface area (Å²) < 4.78 is 40.2. The lowest BCUT2D eigenvalue weighted by Gasteiger charge is -2.25. The lowest BCUT2D eigenvalue weighted by molar-refractivity contribution is -0.137. The molecule has 3 N–H and O–H groups in total. The number of aromatic nitrogens is 2. The number of benzene rings is 1. The van der Waals surface area contributed by atoms with Crippen LogP contribution in [0.15, 0.2) is 53.9 Å². The summed E-state index contributed by atoms with van der Waals surface area (Å²) in [7, 11) is 5.67. The van der Waals surface area contributed by atoms with Gasteiger partial charge in [0, 0.05) is 42.8 Å². The molecule has 0 aliphatic heterocycles. The third-order valence-corrected chi connectivity index (χ3v) is 5.83. The molecule has 2 aromatic rings. The van der Waals surface area contributed by atoms with Gasteiger partial charge >= 0.3 is 6.18 Å². The molecule has 0 unspecified atom stereocenters. The van der Waals surface area contributed by atoms with Crippen molar-refractivity contribution in [2.24, 2.45) is 0 Å². The molecule has 0 fully saturated rings. The summed E-state index contributed by atoms with van der Waals surface area (Å²) in [6.07, 6.45) is 2.68. The van der Waals surface area contributed by atoms with E-state index in [1.54, 1.807) is 13.1 Å². The smallest absolute Gasteiger partial charge is 0.373 e. The Kier molecular flexibility index (Phi) is 9.02. The van der Waals surface area contributed by atoms with Crippen LogP contribution in [0.25, 0.3) is 0 Å². The van der Waals surface area contributed by atoms with Crippen LogP contribution in [-0.4, -0.2) is 59.9 Å². The number of nitrogens with zero attached hydrogens (tertiary/aromatic N) is 4. The summed E-state index contributed by atoms with van der Waals surface area (Å²) in [6.45, 7) is 1.41. The second-order valence-electron chi connectivity index (χ2n) is 8.71. The molecule has 194 valence electrons. The fourth-order valence-corrected chi connectivity index (χ4v) is 3.84. The number of nitrogens with one attached hydrogen (secondary N) is 1. The van der Waals surface area contributed by atoms with E-state index >= 15 is 0 Å². The second kappa shape index (κ2) is 12.0. The number of nitrogen functional groups attached to an aromatic ring is 1. The van der Waals surface area contributed by atoms with Gasteiger partial charge in [-0.1, -0.05) is 24.1 Å². The minimum Gasteiger partial charge on any atom is -0.373 e. The maximum atomic E-state index is 13.4. The van der Waals surface area contributed by atoms with Gasteiger partial charge in [-0.15, -0.1) is 0 Å². The predicted molar refractivity (Wildman–Crippen MR) is 143 cm³/mol. The summed E-state index contributed by atoms with van der Waals surface area (Å²) >= 11 is 5.42. The van der Waals surface area contributed by atoms with Gasteiger partial charge in [-0.25, -0.2) is 9.97 Å². The topological polar surface area (TPSA) is 87.4 Å². The van der Waals surface area contributed by atoms with E-state index in [0.29, 0.717) is 28.2 Å². The Morgan fingerprint density at radius 1 is 1.14 bits per heavy atom. The van der Waals surface area contributed by atoms with Crippen LogP contribution < -0.4 is 16.0 Å². The average Bonchev–Trinajstić information content (AvgIpc) is 2.82. The molecule has 11 heteroatoms.